The van der Waals surface area contributed by atoms with Gasteiger partial charge in [-0.2, -0.15) is 9.97 Å². The zero-order chi connectivity index (χ0) is 29.2. The topological polar surface area (TPSA) is 69.4 Å². The van der Waals surface area contributed by atoms with Gasteiger partial charge in [0.2, 0.25) is 12.5 Å². The van der Waals surface area contributed by atoms with E-state index >= 15 is 0 Å². The van der Waals surface area contributed by atoms with Crippen molar-refractivity contribution in [1.29, 1.82) is 0 Å². The predicted molar refractivity (Wildman–Crippen MR) is 161 cm³/mol. The van der Waals surface area contributed by atoms with Crippen molar-refractivity contribution in [2.45, 2.75) is 37.9 Å². The largest absolute Gasteiger partial charge is 0.462 e. The molecule has 9 nitrogen and oxygen atoms in total. The maximum Gasteiger partial charge on any atom is 0.318 e. The Morgan fingerprint density at radius 3 is 2.71 bits per heavy atom. The van der Waals surface area contributed by atoms with E-state index < -0.39 is 0 Å². The highest BCUT2D eigenvalue weighted by molar-refractivity contribution is 5.94. The molecule has 2 saturated heterocycles. The van der Waals surface area contributed by atoms with Crippen LogP contribution in [-0.4, -0.2) is 90.7 Å². The smallest absolute Gasteiger partial charge is 0.318 e. The molecule has 1 amide bonds. The number of carbonyl (C=O) groups excluding carboxylic acids is 1. The zero-order valence-corrected chi connectivity index (χ0v) is 24.0. The molecule has 0 aliphatic carbocycles. The first kappa shape index (κ1) is 27.9. The number of amides is 1. The standard InChI is InChI=1S/C32H36FN7O2/c1-4-30(41)40-17-16-39(19-23(40)18-34-2)31-26-13-15-38(29-12-11-27(33)24-9-5-6-10-25(24)29)20-28(26)35-32(36-31)42-21-22-8-7-14-37(22)3/h4-6,9-12,22-23H,1,7-8,13-21H2,3H3/t22-,23-/m0/s1. The van der Waals surface area contributed by atoms with Crippen LogP contribution in [0.1, 0.15) is 24.1 Å². The minimum Gasteiger partial charge on any atom is -0.462 e. The van der Waals surface area contributed by atoms with E-state index in [1.54, 1.807) is 4.90 Å². The van der Waals surface area contributed by atoms with Crippen molar-refractivity contribution in [3.63, 3.8) is 0 Å². The quantitative estimate of drug-likeness (QED) is 0.316. The van der Waals surface area contributed by atoms with Gasteiger partial charge in [-0.1, -0.05) is 30.8 Å². The van der Waals surface area contributed by atoms with Crippen LogP contribution >= 0.6 is 0 Å². The van der Waals surface area contributed by atoms with Crippen LogP contribution in [0.2, 0.25) is 0 Å². The van der Waals surface area contributed by atoms with E-state index in [0.29, 0.717) is 56.6 Å². The molecule has 10 heteroatoms. The van der Waals surface area contributed by atoms with E-state index in [1.165, 1.54) is 12.1 Å². The van der Waals surface area contributed by atoms with Gasteiger partial charge >= 0.3 is 6.01 Å². The van der Waals surface area contributed by atoms with E-state index in [-0.39, 0.29) is 24.3 Å². The second-order valence-corrected chi connectivity index (χ2v) is 11.3. The van der Waals surface area contributed by atoms with E-state index in [1.807, 2.05) is 30.3 Å². The number of rotatable bonds is 7. The normalized spacial score (nSPS) is 20.8. The lowest BCUT2D eigenvalue weighted by molar-refractivity contribution is -0.128. The highest BCUT2D eigenvalue weighted by Crippen LogP contribution is 2.35. The lowest BCUT2D eigenvalue weighted by Crippen LogP contribution is -2.56. The highest BCUT2D eigenvalue weighted by atomic mass is 19.1. The summed E-state index contributed by atoms with van der Waals surface area (Å²) >= 11 is 0. The Morgan fingerprint density at radius 1 is 1.12 bits per heavy atom. The number of benzene rings is 2. The van der Waals surface area contributed by atoms with Crippen LogP contribution in [0.5, 0.6) is 6.01 Å². The number of likely N-dealkylation sites (N-methyl/N-ethyl adjacent to an activating group) is 1. The van der Waals surface area contributed by atoms with Crippen molar-refractivity contribution in [3.8, 4) is 6.01 Å². The fraction of sp³-hybridized carbons (Fsp3) is 0.438. The van der Waals surface area contributed by atoms with Crippen LogP contribution in [0, 0.1) is 12.4 Å². The molecule has 0 spiro atoms. The Bertz CT molecular complexity index is 1540. The minimum absolute atomic E-state index is 0.153. The number of carbonyl (C=O) groups is 1. The number of fused-ring (bicyclic) bond motifs is 2. The van der Waals surface area contributed by atoms with Gasteiger partial charge in [0.15, 0.2) is 0 Å². The Kier molecular flexibility index (Phi) is 7.94. The third kappa shape index (κ3) is 5.37. The molecule has 0 bridgehead atoms. The summed E-state index contributed by atoms with van der Waals surface area (Å²) in [7, 11) is 2.12. The third-order valence-electron chi connectivity index (χ3n) is 8.83. The number of piperazine rings is 1. The average Bonchev–Trinajstić information content (AvgIpc) is 3.43. The van der Waals surface area contributed by atoms with Crippen molar-refractivity contribution in [1.82, 2.24) is 19.8 Å². The van der Waals surface area contributed by atoms with Crippen molar-refractivity contribution < 1.29 is 13.9 Å². The first-order valence-electron chi connectivity index (χ1n) is 14.6. The monoisotopic (exact) mass is 569 g/mol. The van der Waals surface area contributed by atoms with Crippen LogP contribution in [-0.2, 0) is 17.8 Å². The average molecular weight is 570 g/mol. The second kappa shape index (κ2) is 11.9. The Hall–Kier alpha value is -4.23. The maximum absolute atomic E-state index is 14.6. The van der Waals surface area contributed by atoms with Crippen LogP contribution in [0.25, 0.3) is 15.6 Å². The van der Waals surface area contributed by atoms with Gasteiger partial charge in [0.1, 0.15) is 24.3 Å². The fourth-order valence-corrected chi connectivity index (χ4v) is 6.52. The molecule has 1 aromatic heterocycles. The summed E-state index contributed by atoms with van der Waals surface area (Å²) in [5.41, 5.74) is 2.93. The number of nitrogens with zero attached hydrogens (tertiary/aromatic N) is 7. The Labute approximate surface area is 246 Å². The van der Waals surface area contributed by atoms with Gasteiger partial charge in [0, 0.05) is 54.2 Å². The predicted octanol–water partition coefficient (Wildman–Crippen LogP) is 3.93. The summed E-state index contributed by atoms with van der Waals surface area (Å²) in [6.07, 6.45) is 4.26. The SMILES string of the molecule is [C-]#[N+]C[C@H]1CN(c2nc(OC[C@@H]3CCCN3C)nc3c2CCN(c2ccc(F)c4ccccc24)C3)CCN1C(=O)C=C. The first-order valence-corrected chi connectivity index (χ1v) is 14.6. The summed E-state index contributed by atoms with van der Waals surface area (Å²) in [6, 6.07) is 11.4. The summed E-state index contributed by atoms with van der Waals surface area (Å²) in [6.45, 7) is 15.8. The molecule has 0 radical (unpaired) electrons. The molecule has 2 aromatic carbocycles. The van der Waals surface area contributed by atoms with Gasteiger partial charge in [0.25, 0.3) is 0 Å². The Morgan fingerprint density at radius 2 is 1.95 bits per heavy atom. The van der Waals surface area contributed by atoms with Crippen molar-refractivity contribution in [3.05, 3.63) is 77.5 Å². The first-order chi connectivity index (χ1) is 20.5. The molecule has 42 heavy (non-hydrogen) atoms. The molecule has 3 aromatic rings. The molecule has 2 fully saturated rings. The number of anilines is 2. The van der Waals surface area contributed by atoms with Gasteiger partial charge in [-0.05, 0) is 51.1 Å². The number of ether oxygens (including phenoxy) is 1. The van der Waals surface area contributed by atoms with Crippen molar-refractivity contribution in [2.75, 3.05) is 62.7 Å². The summed E-state index contributed by atoms with van der Waals surface area (Å²) in [5, 5.41) is 1.48. The summed E-state index contributed by atoms with van der Waals surface area (Å²) in [5.74, 6) is 0.436. The molecule has 2 atom stereocenters. The van der Waals surface area contributed by atoms with E-state index in [9.17, 15) is 9.18 Å². The van der Waals surface area contributed by atoms with Gasteiger partial charge in [0.05, 0.1) is 12.2 Å². The third-order valence-corrected chi connectivity index (χ3v) is 8.83. The molecule has 6 rings (SSSR count). The second-order valence-electron chi connectivity index (χ2n) is 11.3. The van der Waals surface area contributed by atoms with E-state index in [4.69, 9.17) is 21.3 Å². The van der Waals surface area contributed by atoms with Gasteiger partial charge in [-0.3, -0.25) is 4.79 Å². The summed E-state index contributed by atoms with van der Waals surface area (Å²) in [4.78, 5) is 34.5. The molecular weight excluding hydrogens is 533 g/mol. The van der Waals surface area contributed by atoms with E-state index in [2.05, 4.69) is 33.2 Å². The minimum atomic E-state index is -0.255. The molecule has 3 aliphatic heterocycles. The number of likely N-dealkylation sites (tertiary alicyclic amines) is 1. The van der Waals surface area contributed by atoms with Crippen molar-refractivity contribution in [2.24, 2.45) is 0 Å². The number of aromatic nitrogens is 2. The fourth-order valence-electron chi connectivity index (χ4n) is 6.52. The Balaban J connectivity index is 1.33. The van der Waals surface area contributed by atoms with Crippen molar-refractivity contribution >= 4 is 28.2 Å². The van der Waals surface area contributed by atoms with Crippen LogP contribution in [0.4, 0.5) is 15.9 Å². The molecule has 0 N–H and O–H groups in total. The van der Waals surface area contributed by atoms with Crippen LogP contribution in [0.15, 0.2) is 49.1 Å². The molecule has 218 valence electrons. The highest BCUT2D eigenvalue weighted by Gasteiger charge is 2.35. The van der Waals surface area contributed by atoms with Crippen LogP contribution < -0.4 is 14.5 Å². The number of hydrogen-bond acceptors (Lipinski definition) is 7. The molecule has 0 unspecified atom stereocenters. The maximum atomic E-state index is 14.6. The lowest BCUT2D eigenvalue weighted by atomic mass is 10.0. The summed E-state index contributed by atoms with van der Waals surface area (Å²) < 4.78 is 20.8. The molecular formula is C32H36FN7O2. The zero-order valence-electron chi connectivity index (χ0n) is 24.0. The number of hydrogen-bond donors (Lipinski definition) is 0. The van der Waals surface area contributed by atoms with Gasteiger partial charge < -0.3 is 29.2 Å². The van der Waals surface area contributed by atoms with E-state index in [0.717, 1.165) is 54.1 Å². The number of halogens is 1. The van der Waals surface area contributed by atoms with Crippen LogP contribution in [0.3, 0.4) is 0 Å². The molecule has 0 saturated carbocycles. The molecule has 4 heterocycles. The van der Waals surface area contributed by atoms with Gasteiger partial charge in [-0.25, -0.2) is 11.0 Å². The lowest BCUT2D eigenvalue weighted by Gasteiger charge is -2.41. The molecule has 3 aliphatic rings. The van der Waals surface area contributed by atoms with Gasteiger partial charge in [-0.15, -0.1) is 0 Å².